The third-order valence-corrected chi connectivity index (χ3v) is 7.03. The number of hydrogen-bond acceptors (Lipinski definition) is 3. The minimum Gasteiger partial charge on any atom is -0.299 e. The highest BCUT2D eigenvalue weighted by atomic mass is 32.1. The fourth-order valence-corrected chi connectivity index (χ4v) is 5.39. The Labute approximate surface area is 176 Å². The number of thiazole rings is 1. The largest absolute Gasteiger partial charge is 0.299 e. The van der Waals surface area contributed by atoms with E-state index < -0.39 is 0 Å². The van der Waals surface area contributed by atoms with Crippen LogP contribution >= 0.6 is 11.3 Å². The lowest BCUT2D eigenvalue weighted by Crippen LogP contribution is -2.29. The minimum absolute atomic E-state index is 1.05. The van der Waals surface area contributed by atoms with Crippen LogP contribution in [0.1, 0.15) is 30.4 Å². The van der Waals surface area contributed by atoms with Crippen molar-refractivity contribution in [3.63, 3.8) is 0 Å². The topological polar surface area (TPSA) is 16.1 Å². The Morgan fingerprint density at radius 2 is 1.66 bits per heavy atom. The molecule has 1 aliphatic heterocycles. The van der Waals surface area contributed by atoms with E-state index in [1.54, 1.807) is 11.3 Å². The van der Waals surface area contributed by atoms with Crippen LogP contribution in [0.5, 0.6) is 0 Å². The Hall–Kier alpha value is -2.49. The Morgan fingerprint density at radius 1 is 0.862 bits per heavy atom. The van der Waals surface area contributed by atoms with E-state index in [0.29, 0.717) is 0 Å². The predicted molar refractivity (Wildman–Crippen MR) is 124 cm³/mol. The molecule has 2 heterocycles. The number of rotatable bonds is 4. The molecular formula is C26H26N2S. The quantitative estimate of drug-likeness (QED) is 0.371. The molecule has 3 heteroatoms. The second kappa shape index (κ2) is 8.10. The van der Waals surface area contributed by atoms with Crippen LogP contribution < -0.4 is 0 Å². The maximum atomic E-state index is 5.03. The highest BCUT2D eigenvalue weighted by molar-refractivity contribution is 7.21. The molecule has 0 N–H and O–H groups in total. The standard InChI is InChI=1S/C26H26N2S/c1-19-22(21-9-4-2-5-10-21)11-8-12-23(19)26-27-24-17-20(13-14-25(24)29-26)18-28-15-6-3-7-16-28/h2,4-5,8-14,17H,3,6-7,15-16,18H2,1H3. The van der Waals surface area contributed by atoms with Crippen LogP contribution in [-0.2, 0) is 6.54 Å². The zero-order valence-electron chi connectivity index (χ0n) is 16.9. The summed E-state index contributed by atoms with van der Waals surface area (Å²) in [4.78, 5) is 7.61. The molecule has 0 unspecified atom stereocenters. The highest BCUT2D eigenvalue weighted by Gasteiger charge is 2.14. The molecular weight excluding hydrogens is 372 g/mol. The Morgan fingerprint density at radius 3 is 2.48 bits per heavy atom. The number of benzene rings is 3. The van der Waals surface area contributed by atoms with E-state index >= 15 is 0 Å². The summed E-state index contributed by atoms with van der Waals surface area (Å²) >= 11 is 1.80. The van der Waals surface area contributed by atoms with Gasteiger partial charge in [0.15, 0.2) is 0 Å². The molecule has 1 aliphatic rings. The molecule has 1 fully saturated rings. The van der Waals surface area contributed by atoms with Crippen LogP contribution in [-0.4, -0.2) is 23.0 Å². The van der Waals surface area contributed by atoms with Crippen LogP contribution in [0.4, 0.5) is 0 Å². The van der Waals surface area contributed by atoms with E-state index in [2.05, 4.69) is 78.6 Å². The molecule has 1 saturated heterocycles. The Bertz CT molecular complexity index is 1120. The molecule has 2 nitrogen and oxygen atoms in total. The molecule has 0 atom stereocenters. The van der Waals surface area contributed by atoms with Gasteiger partial charge in [0.1, 0.15) is 5.01 Å². The van der Waals surface area contributed by atoms with E-state index in [-0.39, 0.29) is 0 Å². The monoisotopic (exact) mass is 398 g/mol. The van der Waals surface area contributed by atoms with Crippen LogP contribution in [0.3, 0.4) is 0 Å². The van der Waals surface area contributed by atoms with Crippen LogP contribution in [0.25, 0.3) is 31.9 Å². The fourth-order valence-electron chi connectivity index (χ4n) is 4.36. The molecule has 1 aromatic heterocycles. The van der Waals surface area contributed by atoms with Gasteiger partial charge in [-0.05, 0) is 67.2 Å². The van der Waals surface area contributed by atoms with Crippen molar-refractivity contribution in [3.8, 4) is 21.7 Å². The zero-order chi connectivity index (χ0) is 19.6. The van der Waals surface area contributed by atoms with Crippen molar-refractivity contribution in [1.29, 1.82) is 0 Å². The van der Waals surface area contributed by atoms with E-state index in [4.69, 9.17) is 4.98 Å². The summed E-state index contributed by atoms with van der Waals surface area (Å²) in [7, 11) is 0. The summed E-state index contributed by atoms with van der Waals surface area (Å²) in [5.74, 6) is 0. The van der Waals surface area contributed by atoms with Crippen molar-refractivity contribution in [2.45, 2.75) is 32.7 Å². The summed E-state index contributed by atoms with van der Waals surface area (Å²) < 4.78 is 1.27. The van der Waals surface area contributed by atoms with Gasteiger partial charge in [-0.3, -0.25) is 4.90 Å². The molecule has 0 bridgehead atoms. The van der Waals surface area contributed by atoms with E-state index in [9.17, 15) is 0 Å². The lowest BCUT2D eigenvalue weighted by atomic mass is 9.97. The van der Waals surface area contributed by atoms with Crippen molar-refractivity contribution in [2.75, 3.05) is 13.1 Å². The Kier molecular flexibility index (Phi) is 5.17. The summed E-state index contributed by atoms with van der Waals surface area (Å²) in [5.41, 5.74) is 7.59. The number of likely N-dealkylation sites (tertiary alicyclic amines) is 1. The predicted octanol–water partition coefficient (Wildman–Crippen LogP) is 6.92. The van der Waals surface area contributed by atoms with Gasteiger partial charge in [0, 0.05) is 12.1 Å². The Balaban J connectivity index is 1.48. The molecule has 0 saturated carbocycles. The third-order valence-electron chi connectivity index (χ3n) is 5.96. The summed E-state index contributed by atoms with van der Waals surface area (Å²) in [6.07, 6.45) is 4.05. The first kappa shape index (κ1) is 18.5. The number of aromatic nitrogens is 1. The zero-order valence-corrected chi connectivity index (χ0v) is 17.7. The van der Waals surface area contributed by atoms with Gasteiger partial charge in [0.05, 0.1) is 10.2 Å². The van der Waals surface area contributed by atoms with Crippen molar-refractivity contribution in [3.05, 3.63) is 77.9 Å². The first-order chi connectivity index (χ1) is 14.3. The van der Waals surface area contributed by atoms with Crippen LogP contribution in [0.2, 0.25) is 0 Å². The first-order valence-electron chi connectivity index (χ1n) is 10.6. The van der Waals surface area contributed by atoms with Gasteiger partial charge in [-0.1, -0.05) is 61.0 Å². The van der Waals surface area contributed by atoms with Crippen LogP contribution in [0.15, 0.2) is 66.7 Å². The van der Waals surface area contributed by atoms with E-state index in [1.807, 2.05) is 0 Å². The van der Waals surface area contributed by atoms with Gasteiger partial charge in [0.25, 0.3) is 0 Å². The molecule has 0 amide bonds. The average Bonchev–Trinajstić information content (AvgIpc) is 3.18. The van der Waals surface area contributed by atoms with Crippen molar-refractivity contribution < 1.29 is 0 Å². The van der Waals surface area contributed by atoms with Crippen molar-refractivity contribution in [2.24, 2.45) is 0 Å². The second-order valence-corrected chi connectivity index (χ2v) is 9.03. The summed E-state index contributed by atoms with van der Waals surface area (Å²) in [5, 5.41) is 1.12. The molecule has 0 aliphatic carbocycles. The fraction of sp³-hybridized carbons (Fsp3) is 0.269. The maximum absolute atomic E-state index is 5.03. The van der Waals surface area contributed by atoms with Gasteiger partial charge in [-0.25, -0.2) is 4.98 Å². The van der Waals surface area contributed by atoms with Crippen molar-refractivity contribution >= 4 is 21.6 Å². The number of piperidine rings is 1. The first-order valence-corrected chi connectivity index (χ1v) is 11.4. The molecule has 29 heavy (non-hydrogen) atoms. The third kappa shape index (κ3) is 3.85. The normalized spacial score (nSPS) is 15.1. The second-order valence-electron chi connectivity index (χ2n) is 8.00. The summed E-state index contributed by atoms with van der Waals surface area (Å²) in [6, 6.07) is 24.0. The van der Waals surface area contributed by atoms with Gasteiger partial charge in [-0.15, -0.1) is 11.3 Å². The average molecular weight is 399 g/mol. The van der Waals surface area contributed by atoms with E-state index in [0.717, 1.165) is 17.1 Å². The molecule has 5 rings (SSSR count). The van der Waals surface area contributed by atoms with Gasteiger partial charge in [0.2, 0.25) is 0 Å². The SMILES string of the molecule is Cc1c(-c2ccccc2)cccc1-c1nc2cc(CN3CCCCC3)ccc2s1. The number of fused-ring (bicyclic) bond motifs is 1. The van der Waals surface area contributed by atoms with Gasteiger partial charge in [-0.2, -0.15) is 0 Å². The lowest BCUT2D eigenvalue weighted by molar-refractivity contribution is 0.221. The highest BCUT2D eigenvalue weighted by Crippen LogP contribution is 2.36. The van der Waals surface area contributed by atoms with Crippen LogP contribution in [0, 0.1) is 6.92 Å². The minimum atomic E-state index is 1.05. The van der Waals surface area contributed by atoms with E-state index in [1.165, 1.54) is 64.9 Å². The molecule has 0 radical (unpaired) electrons. The molecule has 0 spiro atoms. The maximum Gasteiger partial charge on any atom is 0.124 e. The number of nitrogens with zero attached hydrogens (tertiary/aromatic N) is 2. The van der Waals surface area contributed by atoms with Gasteiger partial charge >= 0.3 is 0 Å². The summed E-state index contributed by atoms with van der Waals surface area (Å²) in [6.45, 7) is 5.72. The molecule has 3 aromatic carbocycles. The molecule has 4 aromatic rings. The van der Waals surface area contributed by atoms with Crippen molar-refractivity contribution in [1.82, 2.24) is 9.88 Å². The lowest BCUT2D eigenvalue weighted by Gasteiger charge is -2.26. The number of hydrogen-bond donors (Lipinski definition) is 0. The smallest absolute Gasteiger partial charge is 0.124 e. The van der Waals surface area contributed by atoms with Gasteiger partial charge < -0.3 is 0 Å². The molecule has 146 valence electrons.